The lowest BCUT2D eigenvalue weighted by Gasteiger charge is -2.25. The number of benzene rings is 1. The first-order chi connectivity index (χ1) is 18.5. The number of hydrogen-bond donors (Lipinski definition) is 1. The molecule has 1 N–H and O–H groups in total. The average molecular weight is 469 g/mol. The molecule has 2 heterocycles. The van der Waals surface area contributed by atoms with Crippen molar-refractivity contribution in [2.24, 2.45) is 0 Å². The minimum absolute atomic E-state index is 0.00131. The lowest BCUT2D eigenvalue weighted by atomic mass is 10.0. The van der Waals surface area contributed by atoms with E-state index < -0.39 is 0 Å². The number of hydrogen-bond acceptors (Lipinski definition) is 1. The van der Waals surface area contributed by atoms with Gasteiger partial charge in [-0.25, -0.2) is 0 Å². The van der Waals surface area contributed by atoms with E-state index in [0.717, 1.165) is 37.8 Å². The molecule has 3 rings (SSSR count). The van der Waals surface area contributed by atoms with Crippen molar-refractivity contribution in [2.45, 2.75) is 122 Å². The summed E-state index contributed by atoms with van der Waals surface area (Å²) in [6.45, 7) is 3.05. The van der Waals surface area contributed by atoms with E-state index in [1.54, 1.807) is 6.20 Å². The molecule has 1 aliphatic rings. The molecular weight excluding hydrogens is 416 g/mol. The first-order valence-electron chi connectivity index (χ1n) is 16.0. The molecular formula is C31H48N2O. The number of unbranched alkanes of at least 4 members (excludes halogenated alkanes) is 11. The fraction of sp³-hybridized carbons (Fsp3) is 0.645. The molecule has 1 fully saturated rings. The van der Waals surface area contributed by atoms with Gasteiger partial charge in [0.2, 0.25) is 5.91 Å². The van der Waals surface area contributed by atoms with E-state index in [-0.39, 0.29) is 36.1 Å². The molecule has 0 unspecified atom stereocenters. The molecule has 1 saturated heterocycles. The Morgan fingerprint density at radius 1 is 1.00 bits per heavy atom. The van der Waals surface area contributed by atoms with Crippen LogP contribution >= 0.6 is 0 Å². The van der Waals surface area contributed by atoms with Gasteiger partial charge in [0, 0.05) is 36.1 Å². The summed E-state index contributed by atoms with van der Waals surface area (Å²) in [4.78, 5) is 18.1. The molecule has 0 bridgehead atoms. The molecule has 0 saturated carbocycles. The number of allylic oxidation sites excluding steroid dienone is 2. The van der Waals surface area contributed by atoms with E-state index in [4.69, 9.17) is 5.48 Å². The molecule has 3 heteroatoms. The predicted octanol–water partition coefficient (Wildman–Crippen LogP) is 8.74. The number of carbonyl (C=O) groups excluding carboxylic acids is 1. The zero-order valence-corrected chi connectivity index (χ0v) is 21.4. The van der Waals surface area contributed by atoms with Gasteiger partial charge in [-0.05, 0) is 63.0 Å². The molecule has 2 aromatic rings. The SMILES string of the molecule is [2H]c1c([2H])c([2H])c2c(C[C@H]3CCCN3C(=O)CCCCCCC/C=C\CCCCCCCC)c[nH]c2c1[2H]. The second-order valence-corrected chi connectivity index (χ2v) is 9.99. The van der Waals surface area contributed by atoms with Crippen LogP contribution in [-0.4, -0.2) is 28.4 Å². The summed E-state index contributed by atoms with van der Waals surface area (Å²) in [6, 6.07) is -0.347. The number of amides is 1. The Hall–Kier alpha value is -2.03. The van der Waals surface area contributed by atoms with Crippen molar-refractivity contribution in [1.29, 1.82) is 0 Å². The number of nitrogens with one attached hydrogen (secondary N) is 1. The van der Waals surface area contributed by atoms with E-state index in [1.165, 1.54) is 70.6 Å². The van der Waals surface area contributed by atoms with Crippen LogP contribution in [0.1, 0.15) is 121 Å². The summed E-state index contributed by atoms with van der Waals surface area (Å²) >= 11 is 0. The lowest BCUT2D eigenvalue weighted by Crippen LogP contribution is -2.36. The number of aromatic amines is 1. The lowest BCUT2D eigenvalue weighted by molar-refractivity contribution is -0.132. The number of likely N-dealkylation sites (tertiary alicyclic amines) is 1. The number of carbonyl (C=O) groups is 1. The van der Waals surface area contributed by atoms with Gasteiger partial charge in [-0.3, -0.25) is 4.79 Å². The molecule has 0 radical (unpaired) electrons. The third kappa shape index (κ3) is 8.96. The zero-order valence-electron chi connectivity index (χ0n) is 25.4. The highest BCUT2D eigenvalue weighted by molar-refractivity contribution is 5.83. The van der Waals surface area contributed by atoms with Gasteiger partial charge in [-0.1, -0.05) is 88.6 Å². The van der Waals surface area contributed by atoms with Crippen molar-refractivity contribution in [3.05, 3.63) is 48.1 Å². The molecule has 34 heavy (non-hydrogen) atoms. The third-order valence-electron chi connectivity index (χ3n) is 7.20. The van der Waals surface area contributed by atoms with Gasteiger partial charge in [0.05, 0.1) is 5.48 Å². The summed E-state index contributed by atoms with van der Waals surface area (Å²) in [5, 5.41) is 0.563. The van der Waals surface area contributed by atoms with Crippen molar-refractivity contribution in [3.63, 3.8) is 0 Å². The maximum absolute atomic E-state index is 13.0. The highest BCUT2D eigenvalue weighted by Crippen LogP contribution is 2.26. The van der Waals surface area contributed by atoms with Gasteiger partial charge in [-0.15, -0.1) is 0 Å². The monoisotopic (exact) mass is 468 g/mol. The van der Waals surface area contributed by atoms with Gasteiger partial charge >= 0.3 is 0 Å². The van der Waals surface area contributed by atoms with E-state index >= 15 is 0 Å². The zero-order chi connectivity index (χ0) is 27.3. The minimum Gasteiger partial charge on any atom is -0.361 e. The molecule has 0 spiro atoms. The molecule has 1 aromatic carbocycles. The molecule has 1 aromatic heterocycles. The van der Waals surface area contributed by atoms with Crippen LogP contribution in [0.25, 0.3) is 10.9 Å². The maximum atomic E-state index is 13.0. The Labute approximate surface area is 214 Å². The first-order valence-corrected chi connectivity index (χ1v) is 14.0. The van der Waals surface area contributed by atoms with Gasteiger partial charge in [0.1, 0.15) is 0 Å². The highest BCUT2D eigenvalue weighted by atomic mass is 16.2. The van der Waals surface area contributed by atoms with Crippen molar-refractivity contribution < 1.29 is 10.3 Å². The molecule has 1 atom stereocenters. The summed E-state index contributed by atoms with van der Waals surface area (Å²) in [6.07, 6.45) is 25.9. The molecule has 3 nitrogen and oxygen atoms in total. The van der Waals surface area contributed by atoms with Gasteiger partial charge in [0.25, 0.3) is 0 Å². The van der Waals surface area contributed by atoms with Crippen molar-refractivity contribution in [2.75, 3.05) is 6.54 Å². The van der Waals surface area contributed by atoms with Gasteiger partial charge in [0.15, 0.2) is 0 Å². The maximum Gasteiger partial charge on any atom is 0.222 e. The molecule has 1 aliphatic heterocycles. The number of nitrogens with zero attached hydrogens (tertiary/aromatic N) is 1. The second-order valence-electron chi connectivity index (χ2n) is 9.99. The fourth-order valence-corrected chi connectivity index (χ4v) is 5.17. The van der Waals surface area contributed by atoms with Crippen LogP contribution in [0.15, 0.2) is 42.5 Å². The number of rotatable bonds is 17. The Bertz CT molecular complexity index is 1050. The quantitative estimate of drug-likeness (QED) is 0.183. The Kier molecular flexibility index (Phi) is 9.88. The predicted molar refractivity (Wildman–Crippen MR) is 146 cm³/mol. The molecule has 0 aliphatic carbocycles. The largest absolute Gasteiger partial charge is 0.361 e. The smallest absolute Gasteiger partial charge is 0.222 e. The van der Waals surface area contributed by atoms with Crippen LogP contribution in [0.5, 0.6) is 0 Å². The second kappa shape index (κ2) is 15.8. The average Bonchev–Trinajstić information content (AvgIpc) is 3.56. The van der Waals surface area contributed by atoms with Crippen LogP contribution in [0.4, 0.5) is 0 Å². The minimum atomic E-state index is -0.214. The van der Waals surface area contributed by atoms with E-state index in [1.807, 2.05) is 4.90 Å². The summed E-state index contributed by atoms with van der Waals surface area (Å²) in [5.74, 6) is 0.229. The van der Waals surface area contributed by atoms with Crippen molar-refractivity contribution in [3.8, 4) is 0 Å². The number of H-pyrrole nitrogens is 1. The van der Waals surface area contributed by atoms with E-state index in [9.17, 15) is 4.79 Å². The first kappa shape index (κ1) is 21.3. The van der Waals surface area contributed by atoms with Crippen LogP contribution < -0.4 is 0 Å². The van der Waals surface area contributed by atoms with Gasteiger partial charge in [-0.2, -0.15) is 0 Å². The van der Waals surface area contributed by atoms with E-state index in [0.29, 0.717) is 23.7 Å². The van der Waals surface area contributed by atoms with Crippen LogP contribution in [-0.2, 0) is 11.2 Å². The topological polar surface area (TPSA) is 36.1 Å². The van der Waals surface area contributed by atoms with Crippen molar-refractivity contribution >= 4 is 16.8 Å². The third-order valence-corrected chi connectivity index (χ3v) is 7.20. The number of para-hydroxylation sites is 1. The normalized spacial score (nSPS) is 17.9. The summed E-state index contributed by atoms with van der Waals surface area (Å²) < 4.78 is 32.4. The van der Waals surface area contributed by atoms with Crippen molar-refractivity contribution in [1.82, 2.24) is 9.88 Å². The Morgan fingerprint density at radius 3 is 2.44 bits per heavy atom. The fourth-order valence-electron chi connectivity index (χ4n) is 5.17. The van der Waals surface area contributed by atoms with E-state index in [2.05, 4.69) is 24.1 Å². The van der Waals surface area contributed by atoms with Crippen LogP contribution in [0.3, 0.4) is 0 Å². The standard InChI is InChI=1S/C31H48N2O/c1-2-3-4-5-6-7-8-9-10-11-12-13-14-15-16-23-31(34)33-24-19-20-28(33)25-27-26-32-30-22-18-17-21-29(27)30/h9-10,17-18,21-22,26,28,32H,2-8,11-16,19-20,23-25H2,1H3/b10-9-/t28-/m1/s1/i17D,18D,21D,22D. The summed E-state index contributed by atoms with van der Waals surface area (Å²) in [7, 11) is 0. The van der Waals surface area contributed by atoms with Crippen LogP contribution in [0, 0.1) is 0 Å². The van der Waals surface area contributed by atoms with Crippen LogP contribution in [0.2, 0.25) is 0 Å². The highest BCUT2D eigenvalue weighted by Gasteiger charge is 2.28. The van der Waals surface area contributed by atoms with Gasteiger partial charge < -0.3 is 9.88 Å². The Morgan fingerprint density at radius 2 is 1.68 bits per heavy atom. The molecule has 188 valence electrons. The number of fused-ring (bicyclic) bond motifs is 1. The Balaban J connectivity index is 1.32. The molecule has 1 amide bonds. The summed E-state index contributed by atoms with van der Waals surface area (Å²) in [5.41, 5.74) is 1.33. The number of aromatic nitrogens is 1.